The Kier molecular flexibility index (Phi) is 5.29. The first-order valence-electron chi connectivity index (χ1n) is 13.2. The lowest BCUT2D eigenvalue weighted by atomic mass is 9.45. The first-order chi connectivity index (χ1) is 17.2. The summed E-state index contributed by atoms with van der Waals surface area (Å²) in [4.78, 5) is 17.6. The average molecular weight is 489 g/mol. The van der Waals surface area contributed by atoms with Gasteiger partial charge in [0.1, 0.15) is 6.10 Å². The second kappa shape index (κ2) is 8.09. The molecular formula is C30H36N2O4. The summed E-state index contributed by atoms with van der Waals surface area (Å²) < 4.78 is 6.62. The van der Waals surface area contributed by atoms with Crippen LogP contribution in [0.15, 0.2) is 42.5 Å². The first-order valence-corrected chi connectivity index (χ1v) is 13.2. The highest BCUT2D eigenvalue weighted by Gasteiger charge is 2.75. The molecule has 6 rings (SSSR count). The molecule has 6 heteroatoms. The van der Waals surface area contributed by atoms with Gasteiger partial charge in [-0.3, -0.25) is 4.79 Å². The van der Waals surface area contributed by atoms with Crippen molar-refractivity contribution in [3.8, 4) is 11.5 Å². The number of likely N-dealkylation sites (N-methyl/N-ethyl adjacent to an activating group) is 2. The van der Waals surface area contributed by atoms with Gasteiger partial charge >= 0.3 is 0 Å². The molecule has 0 radical (unpaired) electrons. The van der Waals surface area contributed by atoms with Gasteiger partial charge in [-0.05, 0) is 69.0 Å². The Balaban J connectivity index is 1.43. The highest BCUT2D eigenvalue weighted by atomic mass is 16.5. The number of ether oxygens (including phenoxy) is 1. The maximum Gasteiger partial charge on any atom is 0.246 e. The number of piperidine rings is 1. The fourth-order valence-corrected chi connectivity index (χ4v) is 8.02. The zero-order chi connectivity index (χ0) is 25.4. The number of aryl methyl sites for hydroxylation is 1. The van der Waals surface area contributed by atoms with Crippen molar-refractivity contribution in [2.75, 3.05) is 20.6 Å². The van der Waals surface area contributed by atoms with Gasteiger partial charge in [-0.2, -0.15) is 0 Å². The van der Waals surface area contributed by atoms with E-state index < -0.39 is 17.1 Å². The van der Waals surface area contributed by atoms with Crippen LogP contribution in [-0.4, -0.2) is 70.3 Å². The van der Waals surface area contributed by atoms with Gasteiger partial charge in [-0.1, -0.05) is 49.2 Å². The highest BCUT2D eigenvalue weighted by Crippen LogP contribution is 2.67. The lowest BCUT2D eigenvalue weighted by Crippen LogP contribution is -2.80. The minimum Gasteiger partial charge on any atom is -0.504 e. The molecule has 1 spiro atoms. The van der Waals surface area contributed by atoms with Crippen LogP contribution in [0.3, 0.4) is 0 Å². The van der Waals surface area contributed by atoms with Crippen LogP contribution < -0.4 is 4.74 Å². The van der Waals surface area contributed by atoms with E-state index in [4.69, 9.17) is 4.74 Å². The van der Waals surface area contributed by atoms with E-state index in [1.165, 1.54) is 0 Å². The summed E-state index contributed by atoms with van der Waals surface area (Å²) in [6.45, 7) is 5.02. The van der Waals surface area contributed by atoms with Crippen molar-refractivity contribution in [2.45, 2.75) is 68.7 Å². The van der Waals surface area contributed by atoms with Gasteiger partial charge in [0.2, 0.25) is 5.91 Å². The SMILES string of the molecule is CC[C@H]1C[C@H](N(C)C(=O)C=Cc2cccc(C)c2)[C@@H]2Oc3c(O)ccc4c3[C@@]23CCN(C)[C@H](C4)[C@]13O. The highest BCUT2D eigenvalue weighted by molar-refractivity contribution is 5.92. The van der Waals surface area contributed by atoms with E-state index in [2.05, 4.69) is 24.9 Å². The zero-order valence-electron chi connectivity index (χ0n) is 21.6. The number of hydrogen-bond acceptors (Lipinski definition) is 5. The molecule has 2 bridgehead atoms. The first kappa shape index (κ1) is 23.6. The number of phenolic OH excluding ortho intramolecular Hbond substituents is 1. The molecule has 0 unspecified atom stereocenters. The molecule has 6 nitrogen and oxygen atoms in total. The lowest BCUT2D eigenvalue weighted by molar-refractivity contribution is -0.224. The van der Waals surface area contributed by atoms with Gasteiger partial charge in [0.25, 0.3) is 0 Å². The average Bonchev–Trinajstić information content (AvgIpc) is 3.21. The third-order valence-corrected chi connectivity index (χ3v) is 9.72. The summed E-state index contributed by atoms with van der Waals surface area (Å²) >= 11 is 0. The topological polar surface area (TPSA) is 73.2 Å². The predicted octanol–water partition coefficient (Wildman–Crippen LogP) is 3.66. The van der Waals surface area contributed by atoms with Crippen LogP contribution in [0.2, 0.25) is 0 Å². The third kappa shape index (κ3) is 2.94. The molecule has 2 aliphatic heterocycles. The van der Waals surface area contributed by atoms with Crippen LogP contribution in [0.1, 0.15) is 48.4 Å². The van der Waals surface area contributed by atoms with Crippen LogP contribution in [0.25, 0.3) is 6.08 Å². The molecule has 4 aliphatic rings. The minimum absolute atomic E-state index is 0.00699. The zero-order valence-corrected chi connectivity index (χ0v) is 21.6. The van der Waals surface area contributed by atoms with Crippen molar-refractivity contribution in [1.29, 1.82) is 0 Å². The smallest absolute Gasteiger partial charge is 0.246 e. The number of aromatic hydroxyl groups is 1. The van der Waals surface area contributed by atoms with Gasteiger partial charge in [0, 0.05) is 24.7 Å². The number of carbonyl (C=O) groups excluding carboxylic acids is 1. The summed E-state index contributed by atoms with van der Waals surface area (Å²) in [7, 11) is 3.96. The third-order valence-electron chi connectivity index (χ3n) is 9.72. The van der Waals surface area contributed by atoms with Crippen molar-refractivity contribution >= 4 is 12.0 Å². The molecule has 2 N–H and O–H groups in total. The summed E-state index contributed by atoms with van der Waals surface area (Å²) in [5.41, 5.74) is 2.64. The Morgan fingerprint density at radius 1 is 1.31 bits per heavy atom. The van der Waals surface area contributed by atoms with Gasteiger partial charge in [0.15, 0.2) is 11.5 Å². The van der Waals surface area contributed by atoms with Crippen molar-refractivity contribution in [1.82, 2.24) is 9.80 Å². The van der Waals surface area contributed by atoms with Crippen LogP contribution in [0.5, 0.6) is 11.5 Å². The molecule has 1 saturated heterocycles. The van der Waals surface area contributed by atoms with E-state index in [1.807, 2.05) is 44.3 Å². The number of aliphatic hydroxyl groups is 1. The van der Waals surface area contributed by atoms with E-state index >= 15 is 0 Å². The van der Waals surface area contributed by atoms with Crippen LogP contribution in [-0.2, 0) is 16.6 Å². The van der Waals surface area contributed by atoms with Crippen molar-refractivity contribution in [3.63, 3.8) is 0 Å². The second-order valence-electron chi connectivity index (χ2n) is 11.3. The maximum atomic E-state index is 13.5. The lowest BCUT2D eigenvalue weighted by Gasteiger charge is -2.66. The monoisotopic (exact) mass is 488 g/mol. The Bertz CT molecular complexity index is 1260. The predicted molar refractivity (Wildman–Crippen MR) is 139 cm³/mol. The molecule has 6 atom stereocenters. The molecule has 2 aliphatic carbocycles. The fourth-order valence-electron chi connectivity index (χ4n) is 8.02. The number of nitrogens with zero attached hydrogens (tertiary/aromatic N) is 2. The van der Waals surface area contributed by atoms with Gasteiger partial charge in [0.05, 0.1) is 17.1 Å². The number of hydrogen-bond donors (Lipinski definition) is 2. The molecular weight excluding hydrogens is 452 g/mol. The molecule has 1 saturated carbocycles. The van der Waals surface area contributed by atoms with Crippen LogP contribution >= 0.6 is 0 Å². The van der Waals surface area contributed by atoms with E-state index in [9.17, 15) is 15.0 Å². The molecule has 190 valence electrons. The van der Waals surface area contributed by atoms with Crippen LogP contribution in [0, 0.1) is 12.8 Å². The summed E-state index contributed by atoms with van der Waals surface area (Å²) in [5, 5.41) is 23.6. The Morgan fingerprint density at radius 3 is 2.86 bits per heavy atom. The fraction of sp³-hybridized carbons (Fsp3) is 0.500. The Hall–Kier alpha value is -2.83. The van der Waals surface area contributed by atoms with Crippen molar-refractivity contribution in [3.05, 3.63) is 64.7 Å². The van der Waals surface area contributed by atoms with Gasteiger partial charge in [-0.15, -0.1) is 0 Å². The largest absolute Gasteiger partial charge is 0.504 e. The van der Waals surface area contributed by atoms with Crippen molar-refractivity contribution < 1.29 is 19.7 Å². The summed E-state index contributed by atoms with van der Waals surface area (Å²) in [5.74, 6) is 0.559. The Morgan fingerprint density at radius 2 is 2.11 bits per heavy atom. The molecule has 2 fully saturated rings. The number of phenols is 1. The standard InChI is InChI=1S/C30H36N2O4/c1-5-21-17-22(32(4)25(34)12-9-19-8-6-7-18(2)15-19)28-29-13-14-31(3)24(30(21,29)35)16-20-10-11-23(33)27(36-28)26(20)29/h6-12,15,21-22,24,28,33,35H,5,13-14,16-17H2,1-4H3/t21-,22-,24+,28-,29-,30+/m0/s1. The molecule has 0 aromatic heterocycles. The number of amides is 1. The van der Waals surface area contributed by atoms with Gasteiger partial charge < -0.3 is 24.7 Å². The van der Waals surface area contributed by atoms with Crippen LogP contribution in [0.4, 0.5) is 0 Å². The second-order valence-corrected chi connectivity index (χ2v) is 11.3. The van der Waals surface area contributed by atoms with Crippen molar-refractivity contribution in [2.24, 2.45) is 5.92 Å². The maximum absolute atomic E-state index is 13.5. The molecule has 2 heterocycles. The summed E-state index contributed by atoms with van der Waals surface area (Å²) in [6.07, 6.45) is 6.04. The number of rotatable bonds is 4. The van der Waals surface area contributed by atoms with Gasteiger partial charge in [-0.25, -0.2) is 0 Å². The number of carbonyl (C=O) groups is 1. The number of benzene rings is 2. The normalized spacial score (nSPS) is 34.4. The number of likely N-dealkylation sites (tertiary alicyclic amines) is 1. The Labute approximate surface area is 213 Å². The van der Waals surface area contributed by atoms with E-state index in [1.54, 1.807) is 17.0 Å². The van der Waals surface area contributed by atoms with E-state index in [-0.39, 0.29) is 29.7 Å². The molecule has 36 heavy (non-hydrogen) atoms. The summed E-state index contributed by atoms with van der Waals surface area (Å²) in [6, 6.07) is 11.6. The minimum atomic E-state index is -0.983. The molecule has 1 amide bonds. The van der Waals surface area contributed by atoms with E-state index in [0.717, 1.165) is 48.1 Å². The molecule has 2 aromatic rings. The van der Waals surface area contributed by atoms with E-state index in [0.29, 0.717) is 12.2 Å². The quantitative estimate of drug-likeness (QED) is 0.643. The molecule has 2 aromatic carbocycles.